The highest BCUT2D eigenvalue weighted by Gasteiger charge is 2.25. The molecule has 27 heavy (non-hydrogen) atoms. The fourth-order valence-corrected chi connectivity index (χ4v) is 3.55. The highest BCUT2D eigenvalue weighted by atomic mass is 35.5. The van der Waals surface area contributed by atoms with Crippen molar-refractivity contribution in [3.63, 3.8) is 0 Å². The molecular weight excluding hydrogens is 385 g/mol. The van der Waals surface area contributed by atoms with Gasteiger partial charge in [-0.15, -0.1) is 11.6 Å². The van der Waals surface area contributed by atoms with E-state index in [0.29, 0.717) is 34.0 Å². The van der Waals surface area contributed by atoms with Gasteiger partial charge < -0.3 is 4.90 Å². The molecule has 3 rings (SSSR count). The highest BCUT2D eigenvalue weighted by molar-refractivity contribution is 6.32. The summed E-state index contributed by atoms with van der Waals surface area (Å²) in [5.41, 5.74) is 0.866. The fraction of sp³-hybridized carbons (Fsp3) is 0.250. The zero-order valence-corrected chi connectivity index (χ0v) is 16.5. The predicted molar refractivity (Wildman–Crippen MR) is 109 cm³/mol. The Balaban J connectivity index is 2.34. The van der Waals surface area contributed by atoms with Gasteiger partial charge in [-0.3, -0.25) is 14.2 Å². The first-order chi connectivity index (χ1) is 13.0. The summed E-state index contributed by atoms with van der Waals surface area (Å²) < 4.78 is 1.49. The van der Waals surface area contributed by atoms with Crippen LogP contribution in [0.2, 0.25) is 5.02 Å². The molecule has 0 aliphatic carbocycles. The fourth-order valence-electron chi connectivity index (χ4n) is 3.18. The van der Waals surface area contributed by atoms with E-state index in [1.165, 1.54) is 4.57 Å². The number of halogens is 2. The Kier molecular flexibility index (Phi) is 5.82. The molecule has 1 unspecified atom stereocenters. The maximum absolute atomic E-state index is 13.3. The van der Waals surface area contributed by atoms with E-state index in [2.05, 4.69) is 0 Å². The quantitative estimate of drug-likeness (QED) is 0.600. The maximum atomic E-state index is 13.3. The molecular formula is C20H19Cl2N3O2. The molecule has 0 fully saturated rings. The number of hydrogen-bond donors (Lipinski definition) is 0. The second kappa shape index (κ2) is 8.11. The van der Waals surface area contributed by atoms with Crippen molar-refractivity contribution < 1.29 is 4.79 Å². The second-order valence-corrected chi connectivity index (χ2v) is 6.74. The van der Waals surface area contributed by atoms with Gasteiger partial charge in [0.15, 0.2) is 0 Å². The predicted octanol–water partition coefficient (Wildman–Crippen LogP) is 4.19. The first kappa shape index (κ1) is 19.4. The van der Waals surface area contributed by atoms with Gasteiger partial charge in [0.1, 0.15) is 11.7 Å². The summed E-state index contributed by atoms with van der Waals surface area (Å²) in [6, 6.07) is 13.7. The minimum absolute atomic E-state index is 0.137. The van der Waals surface area contributed by atoms with Gasteiger partial charge >= 0.3 is 0 Å². The van der Waals surface area contributed by atoms with Crippen molar-refractivity contribution in [1.29, 1.82) is 0 Å². The SMILES string of the molecule is CCN(C(=O)CCl)C(C)c1nc2ccccc2c(=O)n1-c1ccccc1Cl. The van der Waals surface area contributed by atoms with Crippen LogP contribution in [-0.2, 0) is 4.79 Å². The van der Waals surface area contributed by atoms with Gasteiger partial charge in [-0.05, 0) is 38.1 Å². The van der Waals surface area contributed by atoms with Crippen molar-refractivity contribution in [2.45, 2.75) is 19.9 Å². The van der Waals surface area contributed by atoms with Crippen molar-refractivity contribution in [3.05, 3.63) is 69.7 Å². The van der Waals surface area contributed by atoms with E-state index in [1.807, 2.05) is 19.9 Å². The molecule has 5 nitrogen and oxygen atoms in total. The van der Waals surface area contributed by atoms with Crippen LogP contribution in [-0.4, -0.2) is 32.8 Å². The van der Waals surface area contributed by atoms with Gasteiger partial charge in [-0.1, -0.05) is 35.9 Å². The Morgan fingerprint density at radius 2 is 1.85 bits per heavy atom. The lowest BCUT2D eigenvalue weighted by molar-refractivity contribution is -0.130. The lowest BCUT2D eigenvalue weighted by Crippen LogP contribution is -2.38. The average Bonchev–Trinajstić information content (AvgIpc) is 2.69. The molecule has 0 bridgehead atoms. The summed E-state index contributed by atoms with van der Waals surface area (Å²) in [5, 5.41) is 0.914. The molecule has 1 aromatic heterocycles. The molecule has 3 aromatic rings. The number of fused-ring (bicyclic) bond motifs is 1. The lowest BCUT2D eigenvalue weighted by Gasteiger charge is -2.29. The molecule has 0 aliphatic rings. The Bertz CT molecular complexity index is 1050. The minimum atomic E-state index is -0.463. The molecule has 0 saturated carbocycles. The van der Waals surface area contributed by atoms with Crippen molar-refractivity contribution in [3.8, 4) is 5.69 Å². The molecule has 1 atom stereocenters. The van der Waals surface area contributed by atoms with Crippen LogP contribution < -0.4 is 5.56 Å². The molecule has 0 radical (unpaired) electrons. The van der Waals surface area contributed by atoms with Gasteiger partial charge in [0.25, 0.3) is 5.56 Å². The third-order valence-electron chi connectivity index (χ3n) is 4.51. The normalized spacial score (nSPS) is 12.1. The van der Waals surface area contributed by atoms with Crippen molar-refractivity contribution >= 4 is 40.0 Å². The number of nitrogens with zero attached hydrogens (tertiary/aromatic N) is 3. The molecule has 0 aliphatic heterocycles. The van der Waals surface area contributed by atoms with E-state index in [4.69, 9.17) is 28.2 Å². The number of benzene rings is 2. The number of carbonyl (C=O) groups excluding carboxylic acids is 1. The van der Waals surface area contributed by atoms with E-state index < -0.39 is 6.04 Å². The lowest BCUT2D eigenvalue weighted by atomic mass is 10.2. The van der Waals surface area contributed by atoms with Crippen LogP contribution in [0.25, 0.3) is 16.6 Å². The van der Waals surface area contributed by atoms with Crippen LogP contribution in [0.3, 0.4) is 0 Å². The van der Waals surface area contributed by atoms with Gasteiger partial charge in [-0.2, -0.15) is 0 Å². The maximum Gasteiger partial charge on any atom is 0.266 e. The van der Waals surface area contributed by atoms with E-state index in [1.54, 1.807) is 47.4 Å². The first-order valence-electron chi connectivity index (χ1n) is 8.61. The number of hydrogen-bond acceptors (Lipinski definition) is 3. The van der Waals surface area contributed by atoms with Gasteiger partial charge in [-0.25, -0.2) is 4.98 Å². The molecule has 1 heterocycles. The topological polar surface area (TPSA) is 55.2 Å². The van der Waals surface area contributed by atoms with E-state index in [9.17, 15) is 9.59 Å². The standard InChI is InChI=1S/C20H19Cl2N3O2/c1-3-24(18(26)12-21)13(2)19-23-16-10-6-4-8-14(16)20(27)25(19)17-11-7-5-9-15(17)22/h4-11,13H,3,12H2,1-2H3. The third kappa shape index (κ3) is 3.57. The van der Waals surface area contributed by atoms with Crippen LogP contribution in [0.5, 0.6) is 0 Å². The second-order valence-electron chi connectivity index (χ2n) is 6.07. The molecule has 140 valence electrons. The summed E-state index contributed by atoms with van der Waals surface area (Å²) in [6.45, 7) is 4.13. The van der Waals surface area contributed by atoms with Crippen LogP contribution in [0, 0.1) is 0 Å². The molecule has 0 saturated heterocycles. The number of para-hydroxylation sites is 2. The summed E-state index contributed by atoms with van der Waals surface area (Å²) in [7, 11) is 0. The van der Waals surface area contributed by atoms with Crippen LogP contribution in [0.4, 0.5) is 0 Å². The van der Waals surface area contributed by atoms with Gasteiger partial charge in [0.2, 0.25) is 5.91 Å². The number of amides is 1. The monoisotopic (exact) mass is 403 g/mol. The van der Waals surface area contributed by atoms with Crippen molar-refractivity contribution in [2.24, 2.45) is 0 Å². The summed E-state index contributed by atoms with van der Waals surface area (Å²) >= 11 is 12.1. The molecule has 7 heteroatoms. The minimum Gasteiger partial charge on any atom is -0.332 e. The first-order valence-corrected chi connectivity index (χ1v) is 9.52. The van der Waals surface area contributed by atoms with E-state index >= 15 is 0 Å². The number of rotatable bonds is 5. The smallest absolute Gasteiger partial charge is 0.266 e. The van der Waals surface area contributed by atoms with E-state index in [0.717, 1.165) is 0 Å². The van der Waals surface area contributed by atoms with Gasteiger partial charge in [0, 0.05) is 6.54 Å². The van der Waals surface area contributed by atoms with Crippen LogP contribution in [0.15, 0.2) is 53.3 Å². The molecule has 1 amide bonds. The van der Waals surface area contributed by atoms with Crippen molar-refractivity contribution in [1.82, 2.24) is 14.5 Å². The Hall–Kier alpha value is -2.37. The largest absolute Gasteiger partial charge is 0.332 e. The van der Waals surface area contributed by atoms with Crippen LogP contribution >= 0.6 is 23.2 Å². The Labute approximate surface area is 167 Å². The number of carbonyl (C=O) groups is 1. The molecule has 0 spiro atoms. The van der Waals surface area contributed by atoms with E-state index in [-0.39, 0.29) is 17.3 Å². The van der Waals surface area contributed by atoms with Gasteiger partial charge in [0.05, 0.1) is 27.7 Å². The number of aromatic nitrogens is 2. The zero-order chi connectivity index (χ0) is 19.6. The zero-order valence-electron chi connectivity index (χ0n) is 15.0. The Morgan fingerprint density at radius 1 is 1.19 bits per heavy atom. The number of alkyl halides is 1. The molecule has 0 N–H and O–H groups in total. The highest BCUT2D eigenvalue weighted by Crippen LogP contribution is 2.26. The summed E-state index contributed by atoms with van der Waals surface area (Å²) in [5.74, 6) is 0.0779. The summed E-state index contributed by atoms with van der Waals surface area (Å²) in [6.07, 6.45) is 0. The third-order valence-corrected chi connectivity index (χ3v) is 5.06. The van der Waals surface area contributed by atoms with Crippen molar-refractivity contribution in [2.75, 3.05) is 12.4 Å². The summed E-state index contributed by atoms with van der Waals surface area (Å²) in [4.78, 5) is 31.9. The molecule has 2 aromatic carbocycles. The van der Waals surface area contributed by atoms with Crippen LogP contribution in [0.1, 0.15) is 25.7 Å². The average molecular weight is 404 g/mol. The Morgan fingerprint density at radius 3 is 2.52 bits per heavy atom.